The number of Topliss-reactive ketones (excluding diaryl/α,β-unsaturated/α-hetero) is 4. The zero-order valence-electron chi connectivity index (χ0n) is 35.1. The van der Waals surface area contributed by atoms with Crippen molar-refractivity contribution in [1.82, 2.24) is 9.97 Å². The summed E-state index contributed by atoms with van der Waals surface area (Å²) < 4.78 is 19.3. The number of thiazole rings is 2. The molecule has 0 spiro atoms. The number of esters is 2. The molecular formula is C51H20N6O9S4. The highest BCUT2D eigenvalue weighted by Gasteiger charge is 2.60. The fourth-order valence-electron chi connectivity index (χ4n) is 8.27. The van der Waals surface area contributed by atoms with Crippen molar-refractivity contribution in [3.05, 3.63) is 167 Å². The fraction of sp³-hybridized carbons (Fsp3) is 0.0588. The Morgan fingerprint density at radius 1 is 0.557 bits per heavy atom. The average molecular weight is 989 g/mol. The van der Waals surface area contributed by atoms with Gasteiger partial charge in [-0.05, 0) is 47.5 Å². The SMILES string of the molecule is N#Cc1cc2c(cc1C#N)C(=O)C(=Cc1nc3sc4c(c3s1)OC(C(=O)OCc1ccccc1)(C(=O)OCc1ccccc1)c1c-4sc3nc(C=C4C(=O)c5cc(C#N)c(C#N)cc5C4=O)sc13)C2=O. The van der Waals surface area contributed by atoms with Crippen LogP contribution in [0, 0.1) is 45.3 Å². The number of carbonyl (C=O) groups excluding carboxylic acids is 6. The number of carbonyl (C=O) groups is 6. The lowest BCUT2D eigenvalue weighted by Crippen LogP contribution is -2.52. The van der Waals surface area contributed by atoms with E-state index in [4.69, 9.17) is 24.2 Å². The molecule has 11 rings (SSSR count). The van der Waals surface area contributed by atoms with Crippen LogP contribution >= 0.6 is 45.3 Å². The van der Waals surface area contributed by atoms with E-state index in [1.807, 2.05) is 24.3 Å². The first-order valence-corrected chi connectivity index (χ1v) is 23.8. The molecule has 332 valence electrons. The second-order valence-electron chi connectivity index (χ2n) is 15.6. The second-order valence-corrected chi connectivity index (χ2v) is 19.7. The molecule has 0 saturated carbocycles. The number of benzene rings is 4. The van der Waals surface area contributed by atoms with E-state index in [0.29, 0.717) is 35.2 Å². The summed E-state index contributed by atoms with van der Waals surface area (Å²) in [4.78, 5) is 95.7. The smallest absolute Gasteiger partial charge is 0.367 e. The van der Waals surface area contributed by atoms with Crippen LogP contribution in [-0.2, 0) is 37.9 Å². The second kappa shape index (κ2) is 16.6. The summed E-state index contributed by atoms with van der Waals surface area (Å²) in [5.41, 5.74) is -2.27. The molecule has 0 radical (unpaired) electrons. The van der Waals surface area contributed by atoms with E-state index >= 15 is 9.59 Å². The highest BCUT2D eigenvalue weighted by Crippen LogP contribution is 2.60. The minimum Gasteiger partial charge on any atom is -0.457 e. The van der Waals surface area contributed by atoms with Crippen molar-refractivity contribution in [2.24, 2.45) is 0 Å². The minimum absolute atomic E-state index is 0.0215. The molecule has 15 nitrogen and oxygen atoms in total. The minimum atomic E-state index is -2.66. The molecule has 0 saturated heterocycles. The van der Waals surface area contributed by atoms with Crippen LogP contribution in [0.1, 0.15) is 90.4 Å². The predicted octanol–water partition coefficient (Wildman–Crippen LogP) is 9.18. The van der Waals surface area contributed by atoms with Crippen LogP contribution in [0.15, 0.2) is 96.1 Å². The number of nitrogens with zero attached hydrogens (tertiary/aromatic N) is 6. The van der Waals surface area contributed by atoms with E-state index in [9.17, 15) is 40.2 Å². The van der Waals surface area contributed by atoms with Gasteiger partial charge in [0.1, 0.15) is 61.9 Å². The molecule has 1 aliphatic heterocycles. The molecule has 0 bridgehead atoms. The monoisotopic (exact) mass is 988 g/mol. The Kier molecular flexibility index (Phi) is 10.3. The quantitative estimate of drug-likeness (QED) is 0.0595. The van der Waals surface area contributed by atoms with Crippen molar-refractivity contribution in [2.75, 3.05) is 0 Å². The van der Waals surface area contributed by atoms with Gasteiger partial charge in [-0.15, -0.1) is 45.3 Å². The van der Waals surface area contributed by atoms with E-state index in [1.54, 1.807) is 60.7 Å². The van der Waals surface area contributed by atoms with E-state index < -0.39 is 40.7 Å². The van der Waals surface area contributed by atoms with Crippen molar-refractivity contribution >= 4 is 112 Å². The van der Waals surface area contributed by atoms with E-state index in [1.165, 1.54) is 36.4 Å². The Bertz CT molecular complexity index is 3830. The zero-order chi connectivity index (χ0) is 48.6. The molecule has 70 heavy (non-hydrogen) atoms. The first-order chi connectivity index (χ1) is 34.0. The van der Waals surface area contributed by atoms with E-state index in [2.05, 4.69) is 0 Å². The van der Waals surface area contributed by atoms with Gasteiger partial charge in [0.15, 0.2) is 28.9 Å². The first kappa shape index (κ1) is 43.5. The standard InChI is InChI=1S/C51H20N6O9S4/c52-17-25-11-29-30(12-26(25)18-53)39(59)33(38(29)58)15-35-56-47-44(67-35)37-43(69-47)45-42(66-51(37,49(62)64-21-23-7-3-1-4-8-23)50(63)65-22-24-9-5-2-6-10-24)46-48(70-45)57-36(68-46)16-34-40(60)31-13-27(19-54)28(20-55)14-32(31)41(34)61/h1-16H,21-22H2. The summed E-state index contributed by atoms with van der Waals surface area (Å²) in [6, 6.07) is 29.9. The molecule has 0 unspecified atom stereocenters. The average Bonchev–Trinajstić information content (AvgIpc) is 4.22. The Morgan fingerprint density at radius 2 is 0.943 bits per heavy atom. The number of hydrogen-bond donors (Lipinski definition) is 0. The van der Waals surface area contributed by atoms with Crippen LogP contribution in [0.25, 0.3) is 41.0 Å². The molecule has 3 aliphatic rings. The number of thiophene rings is 2. The molecular weight excluding hydrogens is 969 g/mol. The van der Waals surface area contributed by atoms with Crippen LogP contribution in [0.4, 0.5) is 0 Å². The maximum absolute atomic E-state index is 15.1. The van der Waals surface area contributed by atoms with Crippen molar-refractivity contribution < 1.29 is 43.0 Å². The highest BCUT2D eigenvalue weighted by atomic mass is 32.1. The molecule has 4 aromatic heterocycles. The third-order valence-electron chi connectivity index (χ3n) is 11.6. The molecule has 0 fully saturated rings. The van der Waals surface area contributed by atoms with Gasteiger partial charge in [0.25, 0.3) is 0 Å². The number of aromatic nitrogens is 2. The highest BCUT2D eigenvalue weighted by molar-refractivity contribution is 7.34. The number of fused-ring (bicyclic) bond motifs is 9. The molecule has 0 amide bonds. The Morgan fingerprint density at radius 3 is 1.36 bits per heavy atom. The Hall–Kier alpha value is -9.08. The van der Waals surface area contributed by atoms with Crippen LogP contribution in [0.3, 0.4) is 0 Å². The molecule has 0 atom stereocenters. The summed E-state index contributed by atoms with van der Waals surface area (Å²) in [5.74, 6) is -4.86. The lowest BCUT2D eigenvalue weighted by molar-refractivity contribution is -0.183. The number of nitriles is 4. The molecule has 19 heteroatoms. The van der Waals surface area contributed by atoms with Gasteiger partial charge in [-0.1, -0.05) is 60.7 Å². The third kappa shape index (κ3) is 6.69. The molecule has 2 aliphatic carbocycles. The number of allylic oxidation sites excluding steroid dienone is 2. The summed E-state index contributed by atoms with van der Waals surface area (Å²) in [6.07, 6.45) is 2.59. The zero-order valence-corrected chi connectivity index (χ0v) is 38.4. The van der Waals surface area contributed by atoms with Crippen LogP contribution in [0.5, 0.6) is 5.75 Å². The van der Waals surface area contributed by atoms with Crippen LogP contribution in [0.2, 0.25) is 0 Å². The van der Waals surface area contributed by atoms with E-state index in [-0.39, 0.29) is 94.9 Å². The van der Waals surface area contributed by atoms with Gasteiger partial charge >= 0.3 is 17.5 Å². The number of ether oxygens (including phenoxy) is 3. The van der Waals surface area contributed by atoms with Crippen LogP contribution < -0.4 is 4.74 Å². The van der Waals surface area contributed by atoms with Gasteiger partial charge < -0.3 is 14.2 Å². The third-order valence-corrected chi connectivity index (χ3v) is 16.2. The largest absolute Gasteiger partial charge is 0.457 e. The van der Waals surface area contributed by atoms with Crippen molar-refractivity contribution in [3.8, 4) is 39.8 Å². The van der Waals surface area contributed by atoms with Gasteiger partial charge in [-0.25, -0.2) is 19.6 Å². The number of rotatable bonds is 8. The molecule has 8 aromatic rings. The summed E-state index contributed by atoms with van der Waals surface area (Å²) >= 11 is 4.26. The first-order valence-electron chi connectivity index (χ1n) is 20.5. The van der Waals surface area contributed by atoms with Gasteiger partial charge in [-0.3, -0.25) is 19.2 Å². The topological polar surface area (TPSA) is 251 Å². The molecule has 0 N–H and O–H groups in total. The van der Waals surface area contributed by atoms with Crippen molar-refractivity contribution in [3.63, 3.8) is 0 Å². The summed E-state index contributed by atoms with van der Waals surface area (Å²) in [5, 5.41) is 38.6. The Balaban J connectivity index is 1.06. The molecule has 5 heterocycles. The van der Waals surface area contributed by atoms with Gasteiger partial charge in [0.2, 0.25) is 0 Å². The molecule has 4 aromatic carbocycles. The number of hydrogen-bond acceptors (Lipinski definition) is 19. The fourth-order valence-corrected chi connectivity index (χ4v) is 13.2. The lowest BCUT2D eigenvalue weighted by Gasteiger charge is -2.33. The summed E-state index contributed by atoms with van der Waals surface area (Å²) in [6.45, 7) is -0.545. The normalized spacial score (nSPS) is 13.9. The van der Waals surface area contributed by atoms with Crippen molar-refractivity contribution in [2.45, 2.75) is 18.8 Å². The summed E-state index contributed by atoms with van der Waals surface area (Å²) in [7, 11) is 0. The van der Waals surface area contributed by atoms with E-state index in [0.717, 1.165) is 45.3 Å². The Labute approximate surface area is 409 Å². The van der Waals surface area contributed by atoms with Crippen molar-refractivity contribution in [1.29, 1.82) is 21.0 Å². The van der Waals surface area contributed by atoms with Gasteiger partial charge in [-0.2, -0.15) is 21.0 Å². The van der Waals surface area contributed by atoms with Crippen LogP contribution in [-0.4, -0.2) is 45.0 Å². The number of ketones is 4. The van der Waals surface area contributed by atoms with Gasteiger partial charge in [0, 0.05) is 22.3 Å². The maximum Gasteiger partial charge on any atom is 0.367 e. The predicted molar refractivity (Wildman–Crippen MR) is 254 cm³/mol. The maximum atomic E-state index is 15.1. The van der Waals surface area contributed by atoms with Gasteiger partial charge in [0.05, 0.1) is 53.4 Å². The lowest BCUT2D eigenvalue weighted by atomic mass is 9.91.